The van der Waals surface area contributed by atoms with Crippen LogP contribution < -0.4 is 0 Å². The molecule has 0 saturated carbocycles. The number of carboxylic acids is 1. The van der Waals surface area contributed by atoms with Crippen LogP contribution in [0.15, 0.2) is 5.38 Å². The van der Waals surface area contributed by atoms with Gasteiger partial charge in [-0.3, -0.25) is 4.79 Å². The molecule has 1 aliphatic heterocycles. The fourth-order valence-corrected chi connectivity index (χ4v) is 2.63. The van der Waals surface area contributed by atoms with Crippen molar-refractivity contribution in [2.75, 3.05) is 19.7 Å². The van der Waals surface area contributed by atoms with Crippen molar-refractivity contribution < 1.29 is 19.4 Å². The molecule has 2 rings (SSSR count). The van der Waals surface area contributed by atoms with Crippen LogP contribution in [0.4, 0.5) is 0 Å². The molecule has 1 N–H and O–H groups in total. The average molecular weight is 284 g/mol. The van der Waals surface area contributed by atoms with Gasteiger partial charge in [0.1, 0.15) is 12.3 Å². The molecule has 19 heavy (non-hydrogen) atoms. The first-order chi connectivity index (χ1) is 9.06. The summed E-state index contributed by atoms with van der Waals surface area (Å²) in [5.41, 5.74) is 0.493. The highest BCUT2D eigenvalue weighted by Gasteiger charge is 2.25. The average Bonchev–Trinajstić information content (AvgIpc) is 2.83. The Bertz CT molecular complexity index is 466. The lowest BCUT2D eigenvalue weighted by atomic mass is 10.1. The van der Waals surface area contributed by atoms with Crippen molar-refractivity contribution in [1.82, 2.24) is 9.88 Å². The lowest BCUT2D eigenvalue weighted by Gasteiger charge is -2.31. The van der Waals surface area contributed by atoms with Crippen molar-refractivity contribution in [3.05, 3.63) is 16.1 Å². The summed E-state index contributed by atoms with van der Waals surface area (Å²) >= 11 is 1.46. The number of carboxylic acid groups (broad SMARTS) is 1. The number of aliphatic carboxylic acids is 1. The SMILES string of the molecule is Cc1nc(C(=O)N2CCC(OCC(=O)O)CC2)cs1. The Hall–Kier alpha value is -1.47. The van der Waals surface area contributed by atoms with Crippen LogP contribution in [0.5, 0.6) is 0 Å². The molecule has 7 heteroatoms. The van der Waals surface area contributed by atoms with E-state index in [1.54, 1.807) is 10.3 Å². The molecule has 1 saturated heterocycles. The summed E-state index contributed by atoms with van der Waals surface area (Å²) in [5, 5.41) is 11.2. The fourth-order valence-electron chi connectivity index (χ4n) is 2.04. The molecule has 1 aromatic rings. The van der Waals surface area contributed by atoms with Crippen LogP contribution >= 0.6 is 11.3 Å². The van der Waals surface area contributed by atoms with Crippen LogP contribution in [0, 0.1) is 6.92 Å². The Morgan fingerprint density at radius 2 is 2.21 bits per heavy atom. The second kappa shape index (κ2) is 6.12. The summed E-state index contributed by atoms with van der Waals surface area (Å²) in [7, 11) is 0. The monoisotopic (exact) mass is 284 g/mol. The minimum atomic E-state index is -0.962. The van der Waals surface area contributed by atoms with Gasteiger partial charge in [-0.2, -0.15) is 0 Å². The number of rotatable bonds is 4. The number of ether oxygens (including phenoxy) is 1. The lowest BCUT2D eigenvalue weighted by Crippen LogP contribution is -2.41. The number of hydrogen-bond donors (Lipinski definition) is 1. The molecule has 1 amide bonds. The Kier molecular flexibility index (Phi) is 4.49. The molecule has 0 radical (unpaired) electrons. The molecule has 0 spiro atoms. The fraction of sp³-hybridized carbons (Fsp3) is 0.583. The summed E-state index contributed by atoms with van der Waals surface area (Å²) in [6.07, 6.45) is 1.27. The standard InChI is InChI=1S/C12H16N2O4S/c1-8-13-10(7-19-8)12(17)14-4-2-9(3-5-14)18-6-11(15)16/h7,9H,2-6H2,1H3,(H,15,16). The Morgan fingerprint density at radius 3 is 2.74 bits per heavy atom. The highest BCUT2D eigenvalue weighted by atomic mass is 32.1. The minimum Gasteiger partial charge on any atom is -0.480 e. The minimum absolute atomic E-state index is 0.0546. The molecule has 2 heterocycles. The normalized spacial score (nSPS) is 16.6. The predicted octanol–water partition coefficient (Wildman–Crippen LogP) is 1.16. The van der Waals surface area contributed by atoms with Crippen molar-refractivity contribution >= 4 is 23.2 Å². The zero-order chi connectivity index (χ0) is 13.8. The van der Waals surface area contributed by atoms with E-state index in [0.29, 0.717) is 31.6 Å². The van der Waals surface area contributed by atoms with Gasteiger partial charge in [0.2, 0.25) is 0 Å². The van der Waals surface area contributed by atoms with Crippen LogP contribution in [0.25, 0.3) is 0 Å². The van der Waals surface area contributed by atoms with Crippen LogP contribution in [-0.2, 0) is 9.53 Å². The third kappa shape index (κ3) is 3.74. The molecule has 0 aliphatic carbocycles. The molecular formula is C12H16N2O4S. The molecule has 1 aliphatic rings. The van der Waals surface area contributed by atoms with E-state index in [2.05, 4.69) is 4.98 Å². The number of aromatic nitrogens is 1. The van der Waals surface area contributed by atoms with Crippen LogP contribution in [0.2, 0.25) is 0 Å². The highest BCUT2D eigenvalue weighted by Crippen LogP contribution is 2.17. The summed E-state index contributed by atoms with van der Waals surface area (Å²) in [5.74, 6) is -1.02. The molecule has 0 bridgehead atoms. The van der Waals surface area contributed by atoms with Gasteiger partial charge in [-0.15, -0.1) is 11.3 Å². The van der Waals surface area contributed by atoms with Crippen molar-refractivity contribution in [2.45, 2.75) is 25.9 Å². The molecular weight excluding hydrogens is 268 g/mol. The molecule has 104 valence electrons. The topological polar surface area (TPSA) is 79.7 Å². The van der Waals surface area contributed by atoms with E-state index in [1.807, 2.05) is 6.92 Å². The second-order valence-electron chi connectivity index (χ2n) is 4.45. The zero-order valence-electron chi connectivity index (χ0n) is 10.7. The van der Waals surface area contributed by atoms with Gasteiger partial charge < -0.3 is 14.7 Å². The Labute approximate surface area is 115 Å². The number of piperidine rings is 1. The summed E-state index contributed by atoms with van der Waals surface area (Å²) in [6, 6.07) is 0. The van der Waals surface area contributed by atoms with Crippen LogP contribution in [0.3, 0.4) is 0 Å². The number of thiazole rings is 1. The second-order valence-corrected chi connectivity index (χ2v) is 5.51. The summed E-state index contributed by atoms with van der Waals surface area (Å²) < 4.78 is 5.23. The van der Waals surface area contributed by atoms with Crippen LogP contribution in [0.1, 0.15) is 28.3 Å². The van der Waals surface area contributed by atoms with E-state index in [-0.39, 0.29) is 18.6 Å². The number of likely N-dealkylation sites (tertiary alicyclic amines) is 1. The quantitative estimate of drug-likeness (QED) is 0.897. The van der Waals surface area contributed by atoms with E-state index in [4.69, 9.17) is 9.84 Å². The van der Waals surface area contributed by atoms with Crippen molar-refractivity contribution in [2.24, 2.45) is 0 Å². The van der Waals surface area contributed by atoms with Crippen molar-refractivity contribution in [3.63, 3.8) is 0 Å². The summed E-state index contributed by atoms with van der Waals surface area (Å²) in [4.78, 5) is 28.5. The number of carbonyl (C=O) groups is 2. The number of amides is 1. The lowest BCUT2D eigenvalue weighted by molar-refractivity contribution is -0.145. The molecule has 0 unspecified atom stereocenters. The molecule has 1 fully saturated rings. The number of carbonyl (C=O) groups excluding carboxylic acids is 1. The number of nitrogens with zero attached hydrogens (tertiary/aromatic N) is 2. The summed E-state index contributed by atoms with van der Waals surface area (Å²) in [6.45, 7) is 2.76. The van der Waals surface area contributed by atoms with Crippen molar-refractivity contribution in [1.29, 1.82) is 0 Å². The predicted molar refractivity (Wildman–Crippen MR) is 69.4 cm³/mol. The van der Waals surface area contributed by atoms with Crippen LogP contribution in [-0.4, -0.2) is 52.7 Å². The smallest absolute Gasteiger partial charge is 0.329 e. The third-order valence-electron chi connectivity index (χ3n) is 3.01. The van der Waals surface area contributed by atoms with Gasteiger partial charge in [0.05, 0.1) is 11.1 Å². The first-order valence-electron chi connectivity index (χ1n) is 6.11. The van der Waals surface area contributed by atoms with E-state index in [0.717, 1.165) is 5.01 Å². The molecule has 0 atom stereocenters. The zero-order valence-corrected chi connectivity index (χ0v) is 11.5. The Balaban J connectivity index is 1.83. The van der Waals surface area contributed by atoms with Gasteiger partial charge in [0, 0.05) is 18.5 Å². The van der Waals surface area contributed by atoms with Gasteiger partial charge in [-0.05, 0) is 19.8 Å². The first-order valence-corrected chi connectivity index (χ1v) is 6.99. The van der Waals surface area contributed by atoms with Gasteiger partial charge in [-0.25, -0.2) is 9.78 Å². The van der Waals surface area contributed by atoms with E-state index in [9.17, 15) is 9.59 Å². The van der Waals surface area contributed by atoms with E-state index >= 15 is 0 Å². The Morgan fingerprint density at radius 1 is 1.53 bits per heavy atom. The maximum absolute atomic E-state index is 12.1. The largest absolute Gasteiger partial charge is 0.480 e. The van der Waals surface area contributed by atoms with Gasteiger partial charge in [0.15, 0.2) is 0 Å². The van der Waals surface area contributed by atoms with Gasteiger partial charge in [0.25, 0.3) is 5.91 Å². The maximum Gasteiger partial charge on any atom is 0.329 e. The van der Waals surface area contributed by atoms with E-state index in [1.165, 1.54) is 11.3 Å². The van der Waals surface area contributed by atoms with Gasteiger partial charge >= 0.3 is 5.97 Å². The number of hydrogen-bond acceptors (Lipinski definition) is 5. The molecule has 1 aromatic heterocycles. The van der Waals surface area contributed by atoms with E-state index < -0.39 is 5.97 Å². The first kappa shape index (κ1) is 14.0. The molecule has 0 aromatic carbocycles. The highest BCUT2D eigenvalue weighted by molar-refractivity contribution is 7.09. The van der Waals surface area contributed by atoms with Crippen molar-refractivity contribution in [3.8, 4) is 0 Å². The molecule has 6 nitrogen and oxygen atoms in total. The number of aryl methyl sites for hydroxylation is 1. The third-order valence-corrected chi connectivity index (χ3v) is 3.78. The maximum atomic E-state index is 12.1. The van der Waals surface area contributed by atoms with Gasteiger partial charge in [-0.1, -0.05) is 0 Å².